The maximum absolute atomic E-state index is 12.4. The number of nitrogens with two attached hydrogens (primary N) is 1. The molecule has 0 spiro atoms. The molecule has 0 bridgehead atoms. The van der Waals surface area contributed by atoms with E-state index in [0.29, 0.717) is 0 Å². The number of carbonyl (C=O) groups excluding carboxylic acids is 1. The van der Waals surface area contributed by atoms with Gasteiger partial charge in [0.2, 0.25) is 9.84 Å². The molecule has 0 heterocycles. The Hall–Kier alpha value is -1.54. The lowest BCUT2D eigenvalue weighted by Gasteiger charge is -2.26. The fourth-order valence-corrected chi connectivity index (χ4v) is 3.15. The first-order valence-corrected chi connectivity index (χ1v) is 8.54. The summed E-state index contributed by atoms with van der Waals surface area (Å²) in [6.07, 6.45) is 3.28. The number of halogens is 2. The molecule has 0 aliphatic heterocycles. The van der Waals surface area contributed by atoms with Crippen LogP contribution in [0, 0.1) is 0 Å². The van der Waals surface area contributed by atoms with Crippen LogP contribution in [-0.2, 0) is 9.84 Å². The zero-order chi connectivity index (χ0) is 16.3. The molecule has 2 rings (SSSR count). The van der Waals surface area contributed by atoms with E-state index in [-0.39, 0.29) is 23.6 Å². The van der Waals surface area contributed by atoms with E-state index in [0.717, 1.165) is 37.8 Å². The predicted octanol–water partition coefficient (Wildman–Crippen LogP) is 1.68. The number of hydrogen-bond donors (Lipinski definition) is 2. The van der Waals surface area contributed by atoms with Crippen molar-refractivity contribution < 1.29 is 22.0 Å². The Kier molecular flexibility index (Phi) is 5.12. The third-order valence-electron chi connectivity index (χ3n) is 3.79. The highest BCUT2D eigenvalue weighted by atomic mass is 32.2. The van der Waals surface area contributed by atoms with Gasteiger partial charge in [-0.3, -0.25) is 4.79 Å². The second-order valence-electron chi connectivity index (χ2n) is 5.42. The van der Waals surface area contributed by atoms with Crippen molar-refractivity contribution >= 4 is 15.7 Å². The molecular formula is C14H18F2N2O3S. The number of alkyl halides is 2. The highest BCUT2D eigenvalue weighted by Gasteiger charge is 2.26. The molecule has 1 aliphatic rings. The molecule has 0 atom stereocenters. The number of benzene rings is 1. The van der Waals surface area contributed by atoms with E-state index in [2.05, 4.69) is 5.32 Å². The van der Waals surface area contributed by atoms with Gasteiger partial charge in [0, 0.05) is 17.6 Å². The summed E-state index contributed by atoms with van der Waals surface area (Å²) in [6, 6.07) is 4.72. The van der Waals surface area contributed by atoms with Crippen molar-refractivity contribution in [1.82, 2.24) is 5.32 Å². The minimum atomic E-state index is -4.63. The Morgan fingerprint density at radius 3 is 2.18 bits per heavy atom. The van der Waals surface area contributed by atoms with Gasteiger partial charge >= 0.3 is 5.76 Å². The zero-order valence-electron chi connectivity index (χ0n) is 11.8. The van der Waals surface area contributed by atoms with Crippen LogP contribution in [0.15, 0.2) is 29.2 Å². The molecule has 8 heteroatoms. The minimum Gasteiger partial charge on any atom is -0.349 e. The SMILES string of the molecule is NC1CCC(NC(=O)c2ccc(S(=O)(=O)C(F)F)cc2)CC1. The largest absolute Gasteiger partial charge is 0.349 e. The van der Waals surface area contributed by atoms with Crippen LogP contribution in [0.3, 0.4) is 0 Å². The summed E-state index contributed by atoms with van der Waals surface area (Å²) in [5.41, 5.74) is 6.03. The molecule has 0 aromatic heterocycles. The number of hydrogen-bond acceptors (Lipinski definition) is 4. The number of sulfone groups is 1. The van der Waals surface area contributed by atoms with Crippen LogP contribution in [0.5, 0.6) is 0 Å². The number of carbonyl (C=O) groups is 1. The van der Waals surface area contributed by atoms with Gasteiger partial charge in [-0.05, 0) is 49.9 Å². The summed E-state index contributed by atoms with van der Waals surface area (Å²) in [4.78, 5) is 11.6. The lowest BCUT2D eigenvalue weighted by atomic mass is 9.91. The predicted molar refractivity (Wildman–Crippen MR) is 77.3 cm³/mol. The molecule has 122 valence electrons. The van der Waals surface area contributed by atoms with Crippen molar-refractivity contribution in [3.05, 3.63) is 29.8 Å². The molecule has 0 saturated heterocycles. The topological polar surface area (TPSA) is 89.3 Å². The van der Waals surface area contributed by atoms with Gasteiger partial charge < -0.3 is 11.1 Å². The average Bonchev–Trinajstić information content (AvgIpc) is 2.49. The quantitative estimate of drug-likeness (QED) is 0.878. The normalized spacial score (nSPS) is 22.5. The molecule has 1 aromatic carbocycles. The van der Waals surface area contributed by atoms with Gasteiger partial charge in [0.1, 0.15) is 0 Å². The van der Waals surface area contributed by atoms with Crippen molar-refractivity contribution in [2.24, 2.45) is 5.73 Å². The van der Waals surface area contributed by atoms with Crippen LogP contribution >= 0.6 is 0 Å². The summed E-state index contributed by atoms with van der Waals surface area (Å²) in [5, 5.41) is 2.84. The average molecular weight is 332 g/mol. The summed E-state index contributed by atoms with van der Waals surface area (Å²) in [5.74, 6) is -3.82. The van der Waals surface area contributed by atoms with Crippen LogP contribution in [0.4, 0.5) is 8.78 Å². The lowest BCUT2D eigenvalue weighted by molar-refractivity contribution is 0.0926. The van der Waals surface area contributed by atoms with Crippen LogP contribution in [0.2, 0.25) is 0 Å². The molecule has 1 aromatic rings. The Balaban J connectivity index is 2.03. The van der Waals surface area contributed by atoms with Gasteiger partial charge in [0.25, 0.3) is 5.91 Å². The fraction of sp³-hybridized carbons (Fsp3) is 0.500. The molecule has 1 amide bonds. The number of nitrogens with one attached hydrogen (secondary N) is 1. The molecule has 3 N–H and O–H groups in total. The van der Waals surface area contributed by atoms with Crippen LogP contribution in [0.1, 0.15) is 36.0 Å². The van der Waals surface area contributed by atoms with E-state index in [4.69, 9.17) is 5.73 Å². The Labute approximate surface area is 127 Å². The van der Waals surface area contributed by atoms with Crippen molar-refractivity contribution in [3.8, 4) is 0 Å². The fourth-order valence-electron chi connectivity index (χ4n) is 2.43. The third-order valence-corrected chi connectivity index (χ3v) is 5.19. The second kappa shape index (κ2) is 6.70. The lowest BCUT2D eigenvalue weighted by Crippen LogP contribution is -2.40. The van der Waals surface area contributed by atoms with E-state index < -0.39 is 20.5 Å². The van der Waals surface area contributed by atoms with E-state index in [9.17, 15) is 22.0 Å². The summed E-state index contributed by atoms with van der Waals surface area (Å²) in [7, 11) is -4.63. The molecule has 0 unspecified atom stereocenters. The first-order valence-electron chi connectivity index (χ1n) is 6.99. The van der Waals surface area contributed by atoms with E-state index in [1.807, 2.05) is 0 Å². The Morgan fingerprint density at radius 2 is 1.68 bits per heavy atom. The molecule has 22 heavy (non-hydrogen) atoms. The summed E-state index contributed by atoms with van der Waals surface area (Å²) in [6.45, 7) is 0. The van der Waals surface area contributed by atoms with Crippen LogP contribution < -0.4 is 11.1 Å². The van der Waals surface area contributed by atoms with Crippen molar-refractivity contribution in [3.63, 3.8) is 0 Å². The number of amides is 1. The van der Waals surface area contributed by atoms with Gasteiger partial charge in [-0.25, -0.2) is 8.42 Å². The smallest absolute Gasteiger partial charge is 0.341 e. The second-order valence-corrected chi connectivity index (χ2v) is 7.33. The molecule has 1 saturated carbocycles. The van der Waals surface area contributed by atoms with Gasteiger partial charge in [-0.1, -0.05) is 0 Å². The zero-order valence-corrected chi connectivity index (χ0v) is 12.7. The highest BCUT2D eigenvalue weighted by Crippen LogP contribution is 2.20. The molecule has 1 fully saturated rings. The minimum absolute atomic E-state index is 0.0387. The van der Waals surface area contributed by atoms with Gasteiger partial charge in [0.15, 0.2) is 0 Å². The van der Waals surface area contributed by atoms with E-state index >= 15 is 0 Å². The summed E-state index contributed by atoms with van der Waals surface area (Å²) >= 11 is 0. The van der Waals surface area contributed by atoms with E-state index in [1.54, 1.807) is 0 Å². The molecular weight excluding hydrogens is 314 g/mol. The monoisotopic (exact) mass is 332 g/mol. The summed E-state index contributed by atoms with van der Waals surface area (Å²) < 4.78 is 47.4. The van der Waals surface area contributed by atoms with Crippen LogP contribution in [-0.4, -0.2) is 32.2 Å². The Bertz CT molecular complexity index is 624. The number of rotatable bonds is 4. The van der Waals surface area contributed by atoms with Crippen molar-refractivity contribution in [2.75, 3.05) is 0 Å². The van der Waals surface area contributed by atoms with E-state index in [1.165, 1.54) is 12.1 Å². The molecule has 1 aliphatic carbocycles. The highest BCUT2D eigenvalue weighted by molar-refractivity contribution is 7.91. The van der Waals surface area contributed by atoms with Crippen molar-refractivity contribution in [2.45, 2.75) is 48.4 Å². The van der Waals surface area contributed by atoms with Crippen LogP contribution in [0.25, 0.3) is 0 Å². The maximum Gasteiger partial charge on any atom is 0.341 e. The molecule has 0 radical (unpaired) electrons. The molecule has 5 nitrogen and oxygen atoms in total. The van der Waals surface area contributed by atoms with Gasteiger partial charge in [-0.2, -0.15) is 8.78 Å². The van der Waals surface area contributed by atoms with Gasteiger partial charge in [0.05, 0.1) is 4.90 Å². The standard InChI is InChI=1S/C14H18F2N2O3S/c15-14(16)22(20,21)12-7-1-9(2-8-12)13(19)18-11-5-3-10(17)4-6-11/h1-2,7-8,10-11,14H,3-6,17H2,(H,18,19). The first kappa shape index (κ1) is 16.8. The Morgan fingerprint density at radius 1 is 1.14 bits per heavy atom. The first-order chi connectivity index (χ1) is 10.3. The maximum atomic E-state index is 12.4. The van der Waals surface area contributed by atoms with Gasteiger partial charge in [-0.15, -0.1) is 0 Å². The van der Waals surface area contributed by atoms with Crippen molar-refractivity contribution in [1.29, 1.82) is 0 Å². The third kappa shape index (κ3) is 3.80.